The Bertz CT molecular complexity index is 203. The summed E-state index contributed by atoms with van der Waals surface area (Å²) in [5.74, 6) is 0. The van der Waals surface area contributed by atoms with E-state index in [9.17, 15) is 0 Å². The Balaban J connectivity index is 2.80. The fraction of sp³-hybridized carbons (Fsp3) is 1.00. The molecular formula is C7H20O4Si3. The van der Waals surface area contributed by atoms with E-state index >= 15 is 0 Å². The van der Waals surface area contributed by atoms with Crippen molar-refractivity contribution in [2.24, 2.45) is 0 Å². The zero-order valence-electron chi connectivity index (χ0n) is 9.84. The molecule has 7 heteroatoms. The molecule has 0 aromatic rings. The second kappa shape index (κ2) is 3.81. The maximum Gasteiger partial charge on any atom is 0.479 e. The van der Waals surface area contributed by atoms with Crippen LogP contribution in [0.25, 0.3) is 0 Å². The molecule has 0 saturated carbocycles. The van der Waals surface area contributed by atoms with Crippen LogP contribution in [0.1, 0.15) is 6.92 Å². The van der Waals surface area contributed by atoms with Gasteiger partial charge >= 0.3 is 25.9 Å². The maximum atomic E-state index is 5.89. The van der Waals surface area contributed by atoms with Crippen molar-refractivity contribution in [1.82, 2.24) is 0 Å². The lowest BCUT2D eigenvalue weighted by Gasteiger charge is -2.46. The van der Waals surface area contributed by atoms with Gasteiger partial charge in [-0.1, -0.05) is 0 Å². The Labute approximate surface area is 89.4 Å². The molecule has 0 aromatic carbocycles. The first-order chi connectivity index (χ1) is 6.18. The quantitative estimate of drug-likeness (QED) is 0.705. The molecule has 4 nitrogen and oxygen atoms in total. The average Bonchev–Trinajstić information content (AvgIpc) is 1.75. The highest BCUT2D eigenvalue weighted by Gasteiger charge is 2.54. The zero-order chi connectivity index (χ0) is 11.0. The molecule has 0 spiro atoms. The third-order valence-corrected chi connectivity index (χ3v) is 13.4. The van der Waals surface area contributed by atoms with Gasteiger partial charge in [-0.2, -0.15) is 0 Å². The van der Waals surface area contributed by atoms with Gasteiger partial charge in [0.25, 0.3) is 0 Å². The molecule has 14 heavy (non-hydrogen) atoms. The van der Waals surface area contributed by atoms with E-state index in [0.717, 1.165) is 0 Å². The van der Waals surface area contributed by atoms with Crippen molar-refractivity contribution < 1.29 is 16.8 Å². The molecule has 0 N–H and O–H groups in total. The first kappa shape index (κ1) is 12.6. The third kappa shape index (κ3) is 3.26. The molecular weight excluding hydrogens is 232 g/mol. The van der Waals surface area contributed by atoms with Crippen LogP contribution in [0.15, 0.2) is 0 Å². The number of rotatable bonds is 2. The number of hydrogen-bond acceptors (Lipinski definition) is 4. The minimum atomic E-state index is -2.41. The van der Waals surface area contributed by atoms with Gasteiger partial charge in [0, 0.05) is 13.2 Å². The van der Waals surface area contributed by atoms with Crippen LogP contribution in [-0.4, -0.2) is 32.5 Å². The minimum Gasteiger partial charge on any atom is -0.416 e. The smallest absolute Gasteiger partial charge is 0.416 e. The van der Waals surface area contributed by atoms with Crippen LogP contribution in [0.3, 0.4) is 0 Å². The average molecular weight is 252 g/mol. The van der Waals surface area contributed by atoms with Crippen molar-refractivity contribution in [1.29, 1.82) is 0 Å². The molecule has 0 atom stereocenters. The van der Waals surface area contributed by atoms with E-state index in [0.29, 0.717) is 6.61 Å². The molecule has 0 amide bonds. The normalized spacial score (nSPS) is 28.7. The van der Waals surface area contributed by atoms with Gasteiger partial charge in [-0.05, 0) is 33.1 Å². The van der Waals surface area contributed by atoms with Crippen molar-refractivity contribution >= 4 is 25.9 Å². The summed E-state index contributed by atoms with van der Waals surface area (Å²) in [6.45, 7) is 12.8. The fourth-order valence-corrected chi connectivity index (χ4v) is 16.4. The molecule has 1 aliphatic rings. The molecule has 0 bridgehead atoms. The summed E-state index contributed by atoms with van der Waals surface area (Å²) in [5.41, 5.74) is 0. The standard InChI is InChI=1S/C7H20O4Si3/c1-7-8-14(6)10-12(2,3)9-13(4,5)11-14/h7H2,1-6H3. The largest absolute Gasteiger partial charge is 0.479 e. The molecule has 1 saturated heterocycles. The van der Waals surface area contributed by atoms with Crippen molar-refractivity contribution in [3.8, 4) is 0 Å². The van der Waals surface area contributed by atoms with Gasteiger partial charge in [-0.3, -0.25) is 0 Å². The van der Waals surface area contributed by atoms with Crippen LogP contribution in [0.5, 0.6) is 0 Å². The molecule has 1 aliphatic heterocycles. The van der Waals surface area contributed by atoms with Crippen LogP contribution in [0.2, 0.25) is 32.7 Å². The second-order valence-corrected chi connectivity index (χ2v) is 14.5. The van der Waals surface area contributed by atoms with E-state index in [2.05, 4.69) is 26.2 Å². The molecule has 0 aromatic heterocycles. The van der Waals surface area contributed by atoms with Crippen LogP contribution >= 0.6 is 0 Å². The first-order valence-electron chi connectivity index (χ1n) is 4.92. The third-order valence-electron chi connectivity index (χ3n) is 1.76. The summed E-state index contributed by atoms with van der Waals surface area (Å²) in [7, 11) is -6.46. The zero-order valence-corrected chi connectivity index (χ0v) is 12.8. The molecule has 84 valence electrons. The van der Waals surface area contributed by atoms with Crippen molar-refractivity contribution in [2.75, 3.05) is 6.61 Å². The van der Waals surface area contributed by atoms with Crippen molar-refractivity contribution in [3.63, 3.8) is 0 Å². The lowest BCUT2D eigenvalue weighted by atomic mass is 10.9. The molecule has 0 unspecified atom stereocenters. The van der Waals surface area contributed by atoms with E-state index < -0.39 is 25.9 Å². The van der Waals surface area contributed by atoms with Crippen LogP contribution in [-0.2, 0) is 16.8 Å². The summed E-state index contributed by atoms with van der Waals surface area (Å²) in [4.78, 5) is 0. The van der Waals surface area contributed by atoms with Gasteiger partial charge in [0.15, 0.2) is 0 Å². The number of hydrogen-bond donors (Lipinski definition) is 0. The predicted molar refractivity (Wildman–Crippen MR) is 61.5 cm³/mol. The molecule has 1 heterocycles. The Morgan fingerprint density at radius 3 is 1.64 bits per heavy atom. The fourth-order valence-electron chi connectivity index (χ4n) is 1.87. The van der Waals surface area contributed by atoms with Gasteiger partial charge in [-0.25, -0.2) is 0 Å². The molecule has 1 fully saturated rings. The van der Waals surface area contributed by atoms with E-state index in [1.807, 2.05) is 13.5 Å². The monoisotopic (exact) mass is 252 g/mol. The van der Waals surface area contributed by atoms with E-state index in [1.54, 1.807) is 0 Å². The Morgan fingerprint density at radius 2 is 1.29 bits per heavy atom. The highest BCUT2D eigenvalue weighted by atomic mass is 28.5. The lowest BCUT2D eigenvalue weighted by molar-refractivity contribution is 0.122. The van der Waals surface area contributed by atoms with E-state index in [4.69, 9.17) is 16.8 Å². The van der Waals surface area contributed by atoms with Crippen LogP contribution in [0.4, 0.5) is 0 Å². The predicted octanol–water partition coefficient (Wildman–Crippen LogP) is 2.06. The van der Waals surface area contributed by atoms with Gasteiger partial charge in [0.1, 0.15) is 0 Å². The highest BCUT2D eigenvalue weighted by Crippen LogP contribution is 2.30. The van der Waals surface area contributed by atoms with Gasteiger partial charge < -0.3 is 16.8 Å². The Hall–Kier alpha value is 0.491. The van der Waals surface area contributed by atoms with Gasteiger partial charge in [0.05, 0.1) is 0 Å². The van der Waals surface area contributed by atoms with Crippen molar-refractivity contribution in [3.05, 3.63) is 0 Å². The Kier molecular flexibility index (Phi) is 3.42. The first-order valence-corrected chi connectivity index (χ1v) is 12.8. The second-order valence-electron chi connectivity index (χ2n) is 4.40. The minimum absolute atomic E-state index is 0.637. The van der Waals surface area contributed by atoms with E-state index in [-0.39, 0.29) is 0 Å². The van der Waals surface area contributed by atoms with Gasteiger partial charge in [-0.15, -0.1) is 0 Å². The topological polar surface area (TPSA) is 36.9 Å². The molecule has 0 radical (unpaired) electrons. The summed E-state index contributed by atoms with van der Waals surface area (Å²) in [5, 5.41) is 0. The van der Waals surface area contributed by atoms with Crippen LogP contribution in [0, 0.1) is 0 Å². The van der Waals surface area contributed by atoms with Crippen LogP contribution < -0.4 is 0 Å². The molecule has 0 aliphatic carbocycles. The summed E-state index contributed by atoms with van der Waals surface area (Å²) in [6.07, 6.45) is 0. The van der Waals surface area contributed by atoms with Gasteiger partial charge in [0.2, 0.25) is 0 Å². The maximum absolute atomic E-state index is 5.89. The SMILES string of the molecule is CCO[Si]1(C)O[Si](C)(C)O[Si](C)(C)O1. The van der Waals surface area contributed by atoms with E-state index in [1.165, 1.54) is 0 Å². The summed E-state index contributed by atoms with van der Waals surface area (Å²) >= 11 is 0. The van der Waals surface area contributed by atoms with Crippen molar-refractivity contribution in [2.45, 2.75) is 39.7 Å². The highest BCUT2D eigenvalue weighted by molar-refractivity contribution is 6.90. The Morgan fingerprint density at radius 1 is 0.857 bits per heavy atom. The summed E-state index contributed by atoms with van der Waals surface area (Å²) < 4.78 is 23.3. The molecule has 1 rings (SSSR count). The summed E-state index contributed by atoms with van der Waals surface area (Å²) in [6, 6.07) is 0. The lowest BCUT2D eigenvalue weighted by Crippen LogP contribution is -2.66.